The lowest BCUT2D eigenvalue weighted by atomic mass is 9.59. The minimum atomic E-state index is -0.361. The molecule has 1 aromatic carbocycles. The molecular weight excluding hydrogens is 344 g/mol. The largest absolute Gasteiger partial charge is 0.633 e. The number of methoxy groups -OCH3 is 1. The number of hydrogen-bond donors (Lipinski definition) is 1. The van der Waals surface area contributed by atoms with Gasteiger partial charge in [-0.3, -0.25) is 9.59 Å². The Morgan fingerprint density at radius 2 is 2.15 bits per heavy atom. The van der Waals surface area contributed by atoms with Crippen LogP contribution in [0, 0.1) is 17.0 Å². The first kappa shape index (κ1) is 17.0. The molecular formula is C21H24N2O4. The molecule has 5 rings (SSSR count). The summed E-state index contributed by atoms with van der Waals surface area (Å²) in [6, 6.07) is 8.06. The molecule has 2 fully saturated rings. The van der Waals surface area contributed by atoms with Crippen molar-refractivity contribution in [2.45, 2.75) is 37.6 Å². The number of esters is 1. The molecule has 6 heteroatoms. The van der Waals surface area contributed by atoms with Crippen LogP contribution < -0.4 is 5.32 Å². The van der Waals surface area contributed by atoms with Crippen molar-refractivity contribution in [1.29, 1.82) is 0 Å². The van der Waals surface area contributed by atoms with Crippen molar-refractivity contribution in [3.8, 4) is 0 Å². The van der Waals surface area contributed by atoms with Crippen LogP contribution in [0.1, 0.15) is 31.7 Å². The van der Waals surface area contributed by atoms with Gasteiger partial charge in [-0.15, -0.1) is 0 Å². The van der Waals surface area contributed by atoms with Gasteiger partial charge in [0.15, 0.2) is 0 Å². The summed E-state index contributed by atoms with van der Waals surface area (Å²) in [7, 11) is 1.39. The molecule has 3 aliphatic heterocycles. The van der Waals surface area contributed by atoms with E-state index in [4.69, 9.17) is 4.74 Å². The van der Waals surface area contributed by atoms with E-state index in [-0.39, 0.29) is 46.1 Å². The van der Waals surface area contributed by atoms with Gasteiger partial charge in [0.25, 0.3) is 0 Å². The van der Waals surface area contributed by atoms with Crippen LogP contribution in [0.15, 0.2) is 35.5 Å². The minimum Gasteiger partial charge on any atom is -0.633 e. The van der Waals surface area contributed by atoms with Gasteiger partial charge < -0.3 is 19.9 Å². The molecule has 1 aliphatic carbocycles. The van der Waals surface area contributed by atoms with E-state index in [1.807, 2.05) is 18.2 Å². The normalized spacial score (nSPS) is 38.1. The summed E-state index contributed by atoms with van der Waals surface area (Å²) in [5.41, 5.74) is 3.80. The van der Waals surface area contributed by atoms with E-state index in [9.17, 15) is 14.8 Å². The molecule has 27 heavy (non-hydrogen) atoms. The number of hydrogen-bond acceptors (Lipinski definition) is 5. The van der Waals surface area contributed by atoms with Crippen molar-refractivity contribution >= 4 is 17.4 Å². The number of piperidine rings is 1. The molecule has 4 aliphatic rings. The maximum atomic E-state index is 13.8. The summed E-state index contributed by atoms with van der Waals surface area (Å²) in [6.07, 6.45) is 1.59. The summed E-state index contributed by atoms with van der Waals surface area (Å²) in [4.78, 5) is 24.6. The quantitative estimate of drug-likeness (QED) is 0.504. The molecule has 142 valence electrons. The molecule has 1 aromatic rings. The molecule has 5 atom stereocenters. The van der Waals surface area contributed by atoms with Crippen molar-refractivity contribution in [3.63, 3.8) is 0 Å². The molecule has 2 saturated heterocycles. The molecule has 1 spiro atoms. The zero-order valence-electron chi connectivity index (χ0n) is 15.7. The highest BCUT2D eigenvalue weighted by atomic mass is 16.6. The molecule has 0 amide bonds. The number of nitrogens with one attached hydrogen (secondary N) is 1. The predicted octanol–water partition coefficient (Wildman–Crippen LogP) is 2.49. The van der Waals surface area contributed by atoms with Gasteiger partial charge in [0.2, 0.25) is 0 Å². The Labute approximate surface area is 158 Å². The standard InChI is InChI=1S/C21H24N2O4/c1-12(24)15-11-23(26)8-7-21-16-5-3-4-6-17(16)22-20(21)14(10-19(25)27-2)13(15)9-18(21)23/h3-6,13,15,18,22H,7-11H2,1-2H3/t13-,15+,18+,21-,23?/m1/s1. The van der Waals surface area contributed by atoms with E-state index in [0.29, 0.717) is 19.5 Å². The first-order valence-electron chi connectivity index (χ1n) is 9.66. The van der Waals surface area contributed by atoms with Crippen molar-refractivity contribution in [3.05, 3.63) is 46.3 Å². The molecule has 6 nitrogen and oxygen atoms in total. The Morgan fingerprint density at radius 1 is 1.37 bits per heavy atom. The zero-order valence-corrected chi connectivity index (χ0v) is 15.7. The molecule has 1 unspecified atom stereocenters. The highest BCUT2D eigenvalue weighted by Crippen LogP contribution is 2.63. The van der Waals surface area contributed by atoms with Crippen LogP contribution in [0.3, 0.4) is 0 Å². The van der Waals surface area contributed by atoms with Crippen LogP contribution >= 0.6 is 0 Å². The summed E-state index contributed by atoms with van der Waals surface area (Å²) in [5, 5.41) is 17.3. The Balaban J connectivity index is 1.76. The lowest BCUT2D eigenvalue weighted by molar-refractivity contribution is -0.903. The first-order valence-corrected chi connectivity index (χ1v) is 9.66. The molecule has 0 radical (unpaired) electrons. The number of ether oxygens (including phenoxy) is 1. The summed E-state index contributed by atoms with van der Waals surface area (Å²) >= 11 is 0. The van der Waals surface area contributed by atoms with Crippen molar-refractivity contribution in [1.82, 2.24) is 0 Å². The molecule has 0 aromatic heterocycles. The number of benzene rings is 1. The van der Waals surface area contributed by atoms with E-state index in [0.717, 1.165) is 23.4 Å². The molecule has 2 bridgehead atoms. The average molecular weight is 368 g/mol. The second kappa shape index (κ2) is 5.42. The Morgan fingerprint density at radius 3 is 2.89 bits per heavy atom. The number of fused-ring (bicyclic) bond motifs is 2. The van der Waals surface area contributed by atoms with Gasteiger partial charge in [0.05, 0.1) is 38.0 Å². The SMILES string of the molecule is COC(=O)CC1=C2Nc3ccccc3[C@@]23CC[N+]2([O-])C[C@@H](C(C)=O)[C@@H]1C[C@@H]32. The number of carbonyl (C=O) groups excluding carboxylic acids is 2. The van der Waals surface area contributed by atoms with Gasteiger partial charge >= 0.3 is 5.97 Å². The lowest BCUT2D eigenvalue weighted by Gasteiger charge is -2.57. The number of anilines is 1. The van der Waals surface area contributed by atoms with Crippen LogP contribution in [0.4, 0.5) is 5.69 Å². The molecule has 1 N–H and O–H groups in total. The number of nitrogens with zero attached hydrogens (tertiary/aromatic N) is 1. The van der Waals surface area contributed by atoms with Crippen LogP contribution in [0.2, 0.25) is 0 Å². The van der Waals surface area contributed by atoms with Gasteiger partial charge in [0, 0.05) is 30.1 Å². The van der Waals surface area contributed by atoms with Gasteiger partial charge in [0.1, 0.15) is 11.8 Å². The highest BCUT2D eigenvalue weighted by molar-refractivity contribution is 5.82. The van der Waals surface area contributed by atoms with E-state index in [1.165, 1.54) is 12.7 Å². The summed E-state index contributed by atoms with van der Waals surface area (Å²) < 4.78 is 4.67. The number of quaternary nitrogens is 1. The average Bonchev–Trinajstić information content (AvgIpc) is 3.16. The van der Waals surface area contributed by atoms with Gasteiger partial charge in [-0.2, -0.15) is 0 Å². The maximum Gasteiger partial charge on any atom is 0.309 e. The third kappa shape index (κ3) is 2.03. The Bertz CT molecular complexity index is 894. The van der Waals surface area contributed by atoms with Crippen molar-refractivity contribution in [2.75, 3.05) is 25.5 Å². The van der Waals surface area contributed by atoms with Crippen molar-refractivity contribution < 1.29 is 19.0 Å². The van der Waals surface area contributed by atoms with Gasteiger partial charge in [-0.1, -0.05) is 18.2 Å². The topological polar surface area (TPSA) is 78.5 Å². The number of ketones is 1. The Hall–Kier alpha value is -2.18. The van der Waals surface area contributed by atoms with Crippen molar-refractivity contribution in [2.24, 2.45) is 11.8 Å². The van der Waals surface area contributed by atoms with E-state index < -0.39 is 0 Å². The van der Waals surface area contributed by atoms with Crippen LogP contribution in [0.25, 0.3) is 0 Å². The molecule has 0 saturated carbocycles. The lowest BCUT2D eigenvalue weighted by Crippen LogP contribution is -2.63. The summed E-state index contributed by atoms with van der Waals surface area (Å²) in [6.45, 7) is 2.42. The smallest absolute Gasteiger partial charge is 0.309 e. The van der Waals surface area contributed by atoms with E-state index in [1.54, 1.807) is 6.92 Å². The third-order valence-electron chi connectivity index (χ3n) is 7.46. The van der Waals surface area contributed by atoms with E-state index in [2.05, 4.69) is 11.4 Å². The third-order valence-corrected chi connectivity index (χ3v) is 7.46. The van der Waals surface area contributed by atoms with E-state index >= 15 is 0 Å². The fourth-order valence-corrected chi connectivity index (χ4v) is 6.33. The zero-order chi connectivity index (χ0) is 19.0. The predicted molar refractivity (Wildman–Crippen MR) is 99.4 cm³/mol. The van der Waals surface area contributed by atoms with Crippen LogP contribution in [0.5, 0.6) is 0 Å². The number of carbonyl (C=O) groups is 2. The number of Topliss-reactive ketones (excluding diaryl/α,β-unsaturated/α-hetero) is 1. The number of hydroxylamine groups is 3. The number of para-hydroxylation sites is 1. The van der Waals surface area contributed by atoms with Crippen LogP contribution in [-0.4, -0.2) is 42.6 Å². The van der Waals surface area contributed by atoms with Gasteiger partial charge in [-0.05, 0) is 24.1 Å². The highest BCUT2D eigenvalue weighted by Gasteiger charge is 2.67. The number of rotatable bonds is 3. The second-order valence-corrected chi connectivity index (χ2v) is 8.48. The molecule has 3 heterocycles. The second-order valence-electron chi connectivity index (χ2n) is 8.48. The summed E-state index contributed by atoms with van der Waals surface area (Å²) in [5.74, 6) is -0.635. The fourth-order valence-electron chi connectivity index (χ4n) is 6.33. The minimum absolute atomic E-state index is 0.0460. The fraction of sp³-hybridized carbons (Fsp3) is 0.524. The van der Waals surface area contributed by atoms with Gasteiger partial charge in [-0.25, -0.2) is 0 Å². The monoisotopic (exact) mass is 368 g/mol. The van der Waals surface area contributed by atoms with Crippen LogP contribution in [-0.2, 0) is 19.7 Å². The first-order chi connectivity index (χ1) is 12.9. The maximum absolute atomic E-state index is 13.8. The Kier molecular flexibility index (Phi) is 3.41.